The number of thioether (sulfide) groups is 1. The molecule has 0 saturated carbocycles. The molecule has 0 unspecified atom stereocenters. The highest BCUT2D eigenvalue weighted by Crippen LogP contribution is 2.22. The van der Waals surface area contributed by atoms with E-state index < -0.39 is 29.8 Å². The Bertz CT molecular complexity index is 985. The number of nitrogens with one attached hydrogen (secondary N) is 2. The van der Waals surface area contributed by atoms with Crippen molar-refractivity contribution in [3.63, 3.8) is 0 Å². The number of hydrogen-bond donors (Lipinski definition) is 3. The fourth-order valence-electron chi connectivity index (χ4n) is 3.36. The van der Waals surface area contributed by atoms with Crippen molar-refractivity contribution < 1.29 is 24.4 Å². The number of nitrogens with zero attached hydrogens (tertiary/aromatic N) is 1. The number of imide groups is 1. The van der Waals surface area contributed by atoms with Gasteiger partial charge in [0.1, 0.15) is 6.04 Å². The van der Waals surface area contributed by atoms with Gasteiger partial charge in [-0.15, -0.1) is 5.06 Å². The van der Waals surface area contributed by atoms with Crippen LogP contribution in [0.2, 0.25) is 0 Å². The quantitative estimate of drug-likeness (QED) is 0.319. The maximum atomic E-state index is 13.0. The molecule has 9 heteroatoms. The van der Waals surface area contributed by atoms with E-state index in [2.05, 4.69) is 10.6 Å². The predicted molar refractivity (Wildman–Crippen MR) is 136 cm³/mol. The fraction of sp³-hybridized carbons (Fsp3) is 0.385. The van der Waals surface area contributed by atoms with E-state index in [-0.39, 0.29) is 22.4 Å². The van der Waals surface area contributed by atoms with Crippen LogP contribution in [0.3, 0.4) is 0 Å². The first-order chi connectivity index (χ1) is 16.7. The van der Waals surface area contributed by atoms with Gasteiger partial charge in [-0.1, -0.05) is 92.7 Å². The summed E-state index contributed by atoms with van der Waals surface area (Å²) in [6.45, 7) is 4.01. The molecule has 2 atom stereocenters. The molecule has 4 amide bonds. The summed E-state index contributed by atoms with van der Waals surface area (Å²) in [4.78, 5) is 50.5. The van der Waals surface area contributed by atoms with Crippen molar-refractivity contribution in [1.29, 1.82) is 0 Å². The summed E-state index contributed by atoms with van der Waals surface area (Å²) in [6.07, 6.45) is 1.27. The van der Waals surface area contributed by atoms with Gasteiger partial charge in [-0.25, -0.2) is 4.79 Å². The monoisotopic (exact) mass is 499 g/mol. The van der Waals surface area contributed by atoms with E-state index in [1.807, 2.05) is 50.2 Å². The Morgan fingerprint density at radius 1 is 0.943 bits per heavy atom. The lowest BCUT2D eigenvalue weighted by Gasteiger charge is -2.24. The van der Waals surface area contributed by atoms with Crippen LogP contribution in [0, 0.1) is 11.8 Å². The Morgan fingerprint density at radius 3 is 2.11 bits per heavy atom. The van der Waals surface area contributed by atoms with Gasteiger partial charge in [0.05, 0.1) is 5.92 Å². The van der Waals surface area contributed by atoms with Gasteiger partial charge in [-0.2, -0.15) is 0 Å². The van der Waals surface area contributed by atoms with Crippen LogP contribution in [0.1, 0.15) is 42.6 Å². The third-order valence-corrected chi connectivity index (χ3v) is 6.48. The molecule has 0 saturated heterocycles. The Balaban J connectivity index is 2.07. The van der Waals surface area contributed by atoms with Crippen LogP contribution < -0.4 is 10.6 Å². The molecule has 0 fully saturated rings. The first-order valence-electron chi connectivity index (χ1n) is 11.5. The number of hydroxylamine groups is 2. The SMILES string of the molecule is CNC(=O)[C@H](Cc1ccccc1)NC(=O)N(O)C(=O)[C@H](CCC(C)C)CSC(=O)c1ccccc1. The van der Waals surface area contributed by atoms with E-state index in [1.54, 1.807) is 24.3 Å². The Kier molecular flexibility index (Phi) is 11.5. The number of hydrogen-bond acceptors (Lipinski definition) is 6. The normalized spacial score (nSPS) is 12.5. The van der Waals surface area contributed by atoms with Crippen LogP contribution in [0.15, 0.2) is 60.7 Å². The van der Waals surface area contributed by atoms with E-state index in [4.69, 9.17) is 0 Å². The zero-order valence-corrected chi connectivity index (χ0v) is 21.1. The van der Waals surface area contributed by atoms with E-state index in [0.717, 1.165) is 17.3 Å². The molecule has 0 radical (unpaired) electrons. The first-order valence-corrected chi connectivity index (χ1v) is 12.5. The lowest BCUT2D eigenvalue weighted by atomic mass is 9.98. The second-order valence-electron chi connectivity index (χ2n) is 8.59. The molecule has 3 N–H and O–H groups in total. The molecule has 188 valence electrons. The Hall–Kier alpha value is -3.17. The average Bonchev–Trinajstić information content (AvgIpc) is 2.87. The predicted octanol–water partition coefficient (Wildman–Crippen LogP) is 3.90. The van der Waals surface area contributed by atoms with Gasteiger partial charge in [-0.3, -0.25) is 19.6 Å². The average molecular weight is 500 g/mol. The number of likely N-dealkylation sites (N-methyl/N-ethyl adjacent to an activating group) is 1. The highest BCUT2D eigenvalue weighted by atomic mass is 32.2. The maximum absolute atomic E-state index is 13.0. The van der Waals surface area contributed by atoms with Gasteiger partial charge >= 0.3 is 6.03 Å². The van der Waals surface area contributed by atoms with Crippen LogP contribution in [0.5, 0.6) is 0 Å². The number of amides is 4. The van der Waals surface area contributed by atoms with E-state index in [9.17, 15) is 24.4 Å². The third-order valence-electron chi connectivity index (χ3n) is 5.41. The lowest BCUT2D eigenvalue weighted by Crippen LogP contribution is -2.53. The molecule has 2 rings (SSSR count). The third kappa shape index (κ3) is 9.18. The number of carbonyl (C=O) groups excluding carboxylic acids is 4. The standard InChI is InChI=1S/C26H33N3O5S/c1-18(2)14-15-21(17-35-25(32)20-12-8-5-9-13-20)24(31)29(34)26(33)28-22(23(30)27-3)16-19-10-6-4-7-11-19/h4-13,18,21-22,34H,14-17H2,1-3H3,(H,27,30)(H,28,33)/t21-,22+/m1/s1. The van der Waals surface area contributed by atoms with Gasteiger partial charge in [0, 0.05) is 24.8 Å². The van der Waals surface area contributed by atoms with E-state index in [1.165, 1.54) is 7.05 Å². The molecule has 2 aromatic rings. The smallest absolute Gasteiger partial charge is 0.349 e. The molecule has 35 heavy (non-hydrogen) atoms. The minimum atomic E-state index is -1.09. The number of rotatable bonds is 11. The van der Waals surface area contributed by atoms with Gasteiger partial charge in [-0.05, 0) is 17.9 Å². The van der Waals surface area contributed by atoms with Crippen LogP contribution in [0.4, 0.5) is 4.79 Å². The number of benzene rings is 2. The van der Waals surface area contributed by atoms with Crippen molar-refractivity contribution in [1.82, 2.24) is 15.7 Å². The van der Waals surface area contributed by atoms with E-state index in [0.29, 0.717) is 24.3 Å². The van der Waals surface area contributed by atoms with Crippen LogP contribution in [-0.2, 0) is 16.0 Å². The van der Waals surface area contributed by atoms with E-state index >= 15 is 0 Å². The molecule has 0 aliphatic carbocycles. The van der Waals surface area contributed by atoms with Crippen molar-refractivity contribution in [2.75, 3.05) is 12.8 Å². The Labute approximate surface area is 210 Å². The minimum Gasteiger partial charge on any atom is -0.357 e. The first kappa shape index (κ1) is 28.1. The number of carbonyl (C=O) groups is 4. The molecular weight excluding hydrogens is 466 g/mol. The molecule has 0 spiro atoms. The molecule has 0 bridgehead atoms. The van der Waals surface area contributed by atoms with Crippen molar-refractivity contribution in [3.8, 4) is 0 Å². The lowest BCUT2D eigenvalue weighted by molar-refractivity contribution is -0.157. The zero-order chi connectivity index (χ0) is 25.8. The molecule has 0 aliphatic heterocycles. The number of urea groups is 1. The molecule has 0 aliphatic rings. The summed E-state index contributed by atoms with van der Waals surface area (Å²) in [5.74, 6) is -1.61. The molecular formula is C26H33N3O5S. The van der Waals surface area contributed by atoms with Crippen LogP contribution >= 0.6 is 11.8 Å². The van der Waals surface area contributed by atoms with Gasteiger partial charge in [0.25, 0.3) is 5.91 Å². The summed E-state index contributed by atoms with van der Waals surface area (Å²) in [7, 11) is 1.44. The molecule has 8 nitrogen and oxygen atoms in total. The maximum Gasteiger partial charge on any atom is 0.349 e. The summed E-state index contributed by atoms with van der Waals surface area (Å²) < 4.78 is 0. The largest absolute Gasteiger partial charge is 0.357 e. The van der Waals surface area contributed by atoms with Crippen LogP contribution in [-0.4, -0.2) is 52.1 Å². The molecule has 0 aromatic heterocycles. The van der Waals surface area contributed by atoms with Crippen LogP contribution in [0.25, 0.3) is 0 Å². The van der Waals surface area contributed by atoms with Crippen molar-refractivity contribution in [3.05, 3.63) is 71.8 Å². The van der Waals surface area contributed by atoms with Gasteiger partial charge in [0.2, 0.25) is 11.0 Å². The van der Waals surface area contributed by atoms with Gasteiger partial charge in [0.15, 0.2) is 0 Å². The highest BCUT2D eigenvalue weighted by molar-refractivity contribution is 8.14. The topological polar surface area (TPSA) is 116 Å². The van der Waals surface area contributed by atoms with Crippen molar-refractivity contribution in [2.24, 2.45) is 11.8 Å². The second-order valence-corrected chi connectivity index (χ2v) is 9.58. The van der Waals surface area contributed by atoms with Crippen molar-refractivity contribution >= 4 is 34.7 Å². The Morgan fingerprint density at radius 2 is 1.54 bits per heavy atom. The fourth-order valence-corrected chi connectivity index (χ4v) is 4.33. The molecule has 2 aromatic carbocycles. The summed E-state index contributed by atoms with van der Waals surface area (Å²) in [6, 6.07) is 15.7. The second kappa shape index (κ2) is 14.3. The minimum absolute atomic E-state index is 0.0273. The molecule has 0 heterocycles. The zero-order valence-electron chi connectivity index (χ0n) is 20.3. The summed E-state index contributed by atoms with van der Waals surface area (Å²) in [5.41, 5.74) is 1.32. The van der Waals surface area contributed by atoms with Gasteiger partial charge < -0.3 is 10.6 Å². The highest BCUT2D eigenvalue weighted by Gasteiger charge is 2.31. The summed E-state index contributed by atoms with van der Waals surface area (Å²) >= 11 is 0.978. The van der Waals surface area contributed by atoms with Crippen molar-refractivity contribution in [2.45, 2.75) is 39.2 Å². The summed E-state index contributed by atoms with van der Waals surface area (Å²) in [5, 5.41) is 15.2.